The summed E-state index contributed by atoms with van der Waals surface area (Å²) in [5, 5.41) is 16.0. The van der Waals surface area contributed by atoms with Crippen molar-refractivity contribution in [3.8, 4) is 17.0 Å². The fourth-order valence-electron chi connectivity index (χ4n) is 4.68. The maximum atomic E-state index is 13.6. The van der Waals surface area contributed by atoms with E-state index in [9.17, 15) is 9.50 Å². The third-order valence-electron chi connectivity index (χ3n) is 6.24. The van der Waals surface area contributed by atoms with E-state index in [4.69, 9.17) is 9.84 Å². The Morgan fingerprint density at radius 3 is 2.82 bits per heavy atom. The predicted molar refractivity (Wildman–Crippen MR) is 106 cm³/mol. The standard InChI is InChI=1S/C20H23FN4O2S/c1-11-5-12-9-24(10-13(12)6-17(11)26)20-23-25-16(8-22-19(25)28-20)15-4-3-14(21)7-18(15)27-2/h3-4,7-8,11-13,17,26H,5-6,9-10H2,1-2H3/t11-,12-,13+,17-/m0/s1. The summed E-state index contributed by atoms with van der Waals surface area (Å²) in [5.74, 6) is 1.64. The topological polar surface area (TPSA) is 62.9 Å². The number of fused-ring (bicyclic) bond motifs is 2. The molecule has 1 aliphatic heterocycles. The average molecular weight is 402 g/mol. The van der Waals surface area contributed by atoms with Crippen molar-refractivity contribution in [1.29, 1.82) is 0 Å². The number of aliphatic hydroxyl groups excluding tert-OH is 1. The first kappa shape index (κ1) is 17.9. The van der Waals surface area contributed by atoms with Gasteiger partial charge in [-0.15, -0.1) is 5.10 Å². The lowest BCUT2D eigenvalue weighted by Crippen LogP contribution is -2.33. The molecule has 1 aliphatic carbocycles. The Hall–Kier alpha value is -2.19. The quantitative estimate of drug-likeness (QED) is 0.727. The zero-order valence-electron chi connectivity index (χ0n) is 15.9. The SMILES string of the molecule is COc1cc(F)ccc1-c1cnc2sc(N3C[C@H]4C[C@H](O)[C@@H](C)C[C@H]4C3)nn12. The van der Waals surface area contributed by atoms with Gasteiger partial charge in [-0.2, -0.15) is 0 Å². The molecule has 0 amide bonds. The summed E-state index contributed by atoms with van der Waals surface area (Å²) in [6, 6.07) is 4.49. The second kappa shape index (κ2) is 6.70. The van der Waals surface area contributed by atoms with Gasteiger partial charge in [0.05, 0.1) is 25.1 Å². The van der Waals surface area contributed by atoms with Crippen LogP contribution < -0.4 is 9.64 Å². The van der Waals surface area contributed by atoms with E-state index in [2.05, 4.69) is 16.8 Å². The van der Waals surface area contributed by atoms with E-state index in [1.54, 1.807) is 23.6 Å². The first-order valence-corrected chi connectivity index (χ1v) is 10.5. The molecular weight excluding hydrogens is 379 g/mol. The van der Waals surface area contributed by atoms with Gasteiger partial charge in [0, 0.05) is 24.7 Å². The van der Waals surface area contributed by atoms with Crippen molar-refractivity contribution < 1.29 is 14.2 Å². The minimum absolute atomic E-state index is 0.188. The number of hydrogen-bond donors (Lipinski definition) is 1. The molecule has 148 valence electrons. The maximum Gasteiger partial charge on any atom is 0.214 e. The third-order valence-corrected chi connectivity index (χ3v) is 7.22. The zero-order chi connectivity index (χ0) is 19.4. The van der Waals surface area contributed by atoms with Crippen LogP contribution in [0.3, 0.4) is 0 Å². The Labute approximate surface area is 166 Å². The lowest BCUT2D eigenvalue weighted by molar-refractivity contribution is 0.0384. The van der Waals surface area contributed by atoms with Crippen molar-refractivity contribution in [2.75, 3.05) is 25.1 Å². The summed E-state index contributed by atoms with van der Waals surface area (Å²) in [4.78, 5) is 7.63. The molecule has 2 fully saturated rings. The number of aliphatic hydroxyl groups is 1. The van der Waals surface area contributed by atoms with Crippen LogP contribution in [0.15, 0.2) is 24.4 Å². The number of nitrogens with zero attached hydrogens (tertiary/aromatic N) is 4. The van der Waals surface area contributed by atoms with Crippen molar-refractivity contribution in [3.63, 3.8) is 0 Å². The highest BCUT2D eigenvalue weighted by molar-refractivity contribution is 7.20. The number of ether oxygens (including phenoxy) is 1. The fraction of sp³-hybridized carbons (Fsp3) is 0.500. The van der Waals surface area contributed by atoms with Gasteiger partial charge in [0.1, 0.15) is 11.6 Å². The second-order valence-corrected chi connectivity index (χ2v) is 8.94. The molecule has 4 atom stereocenters. The Morgan fingerprint density at radius 2 is 2.04 bits per heavy atom. The molecular formula is C20H23FN4O2S. The zero-order valence-corrected chi connectivity index (χ0v) is 16.7. The van der Waals surface area contributed by atoms with E-state index in [1.165, 1.54) is 19.2 Å². The second-order valence-electron chi connectivity index (χ2n) is 8.01. The van der Waals surface area contributed by atoms with Gasteiger partial charge in [0.25, 0.3) is 0 Å². The van der Waals surface area contributed by atoms with E-state index < -0.39 is 0 Å². The molecule has 1 N–H and O–H groups in total. The van der Waals surface area contributed by atoms with Crippen LogP contribution in [-0.4, -0.2) is 46.0 Å². The molecule has 3 aromatic rings. The molecule has 1 aromatic carbocycles. The van der Waals surface area contributed by atoms with E-state index >= 15 is 0 Å². The molecule has 2 aliphatic rings. The maximum absolute atomic E-state index is 13.6. The number of anilines is 1. The van der Waals surface area contributed by atoms with Crippen LogP contribution in [0.25, 0.3) is 16.2 Å². The van der Waals surface area contributed by atoms with Crippen LogP contribution in [0.4, 0.5) is 9.52 Å². The van der Waals surface area contributed by atoms with E-state index in [-0.39, 0.29) is 11.9 Å². The number of benzene rings is 1. The molecule has 2 aromatic heterocycles. The lowest BCUT2D eigenvalue weighted by atomic mass is 9.75. The van der Waals surface area contributed by atoms with Crippen LogP contribution in [0, 0.1) is 23.6 Å². The normalized spacial score (nSPS) is 27.4. The van der Waals surface area contributed by atoms with Crippen LogP contribution in [-0.2, 0) is 0 Å². The number of imidazole rings is 1. The molecule has 1 saturated carbocycles. The number of aromatic nitrogens is 3. The van der Waals surface area contributed by atoms with Crippen molar-refractivity contribution in [1.82, 2.24) is 14.6 Å². The number of halogens is 1. The van der Waals surface area contributed by atoms with Gasteiger partial charge in [0.15, 0.2) is 0 Å². The van der Waals surface area contributed by atoms with Crippen molar-refractivity contribution in [2.24, 2.45) is 17.8 Å². The Balaban J connectivity index is 1.46. The molecule has 6 nitrogen and oxygen atoms in total. The van der Waals surface area contributed by atoms with Crippen LogP contribution in [0.5, 0.6) is 5.75 Å². The van der Waals surface area contributed by atoms with E-state index in [1.807, 2.05) is 4.52 Å². The highest BCUT2D eigenvalue weighted by Crippen LogP contribution is 2.42. The third kappa shape index (κ3) is 2.86. The summed E-state index contributed by atoms with van der Waals surface area (Å²) in [6.07, 6.45) is 3.51. The van der Waals surface area contributed by atoms with Crippen LogP contribution in [0.1, 0.15) is 19.8 Å². The summed E-state index contributed by atoms with van der Waals surface area (Å²) < 4.78 is 20.7. The Morgan fingerprint density at radius 1 is 1.25 bits per heavy atom. The Bertz CT molecular complexity index is 1000. The van der Waals surface area contributed by atoms with Gasteiger partial charge in [-0.1, -0.05) is 18.3 Å². The first-order valence-electron chi connectivity index (χ1n) is 9.65. The largest absolute Gasteiger partial charge is 0.496 e. The first-order chi connectivity index (χ1) is 13.5. The lowest BCUT2D eigenvalue weighted by Gasteiger charge is -2.32. The summed E-state index contributed by atoms with van der Waals surface area (Å²) in [6.45, 7) is 4.05. The van der Waals surface area contributed by atoms with Crippen molar-refractivity contribution in [2.45, 2.75) is 25.9 Å². The molecule has 28 heavy (non-hydrogen) atoms. The molecule has 0 spiro atoms. The highest BCUT2D eigenvalue weighted by atomic mass is 32.1. The molecule has 0 radical (unpaired) electrons. The average Bonchev–Trinajstić information content (AvgIpc) is 3.36. The van der Waals surface area contributed by atoms with Gasteiger partial charge in [-0.05, 0) is 42.7 Å². The predicted octanol–water partition coefficient (Wildman–Crippen LogP) is 3.45. The fourth-order valence-corrected chi connectivity index (χ4v) is 5.57. The smallest absolute Gasteiger partial charge is 0.214 e. The number of hydrogen-bond acceptors (Lipinski definition) is 6. The molecule has 0 bridgehead atoms. The molecule has 0 unspecified atom stereocenters. The molecule has 5 rings (SSSR count). The molecule has 3 heterocycles. The minimum atomic E-state index is -0.337. The van der Waals surface area contributed by atoms with Crippen LogP contribution in [0.2, 0.25) is 0 Å². The van der Waals surface area contributed by atoms with Gasteiger partial charge in [-0.25, -0.2) is 13.9 Å². The van der Waals surface area contributed by atoms with Gasteiger partial charge in [-0.3, -0.25) is 0 Å². The highest BCUT2D eigenvalue weighted by Gasteiger charge is 2.41. The van der Waals surface area contributed by atoms with Crippen molar-refractivity contribution in [3.05, 3.63) is 30.2 Å². The summed E-state index contributed by atoms with van der Waals surface area (Å²) >= 11 is 1.56. The number of methoxy groups -OCH3 is 1. The van der Waals surface area contributed by atoms with E-state index in [0.717, 1.165) is 47.3 Å². The summed E-state index contributed by atoms with van der Waals surface area (Å²) in [5.41, 5.74) is 1.55. The van der Waals surface area contributed by atoms with Crippen molar-refractivity contribution >= 4 is 21.4 Å². The summed E-state index contributed by atoms with van der Waals surface area (Å²) in [7, 11) is 1.53. The monoisotopic (exact) mass is 402 g/mol. The minimum Gasteiger partial charge on any atom is -0.496 e. The van der Waals surface area contributed by atoms with E-state index in [0.29, 0.717) is 23.5 Å². The molecule has 1 saturated heterocycles. The van der Waals surface area contributed by atoms with Crippen LogP contribution >= 0.6 is 11.3 Å². The number of rotatable bonds is 3. The van der Waals surface area contributed by atoms with Gasteiger partial charge in [0.2, 0.25) is 10.1 Å². The Kier molecular flexibility index (Phi) is 4.28. The van der Waals surface area contributed by atoms with Gasteiger partial charge >= 0.3 is 0 Å². The van der Waals surface area contributed by atoms with Gasteiger partial charge < -0.3 is 14.7 Å². The molecule has 8 heteroatoms.